The topological polar surface area (TPSA) is 64.3 Å². The quantitative estimate of drug-likeness (QED) is 0.869. The van der Waals surface area contributed by atoms with Crippen molar-refractivity contribution in [3.8, 4) is 5.75 Å². The molecule has 0 atom stereocenters. The highest BCUT2D eigenvalue weighted by molar-refractivity contribution is 9.11. The molecule has 1 aromatic carbocycles. The minimum atomic E-state index is -0.179. The number of amides is 1. The smallest absolute Gasteiger partial charge is 0.257 e. The highest BCUT2D eigenvalue weighted by Crippen LogP contribution is 2.34. The molecule has 0 bridgehead atoms. The zero-order valence-electron chi connectivity index (χ0n) is 8.72. The Balaban J connectivity index is 2.84. The summed E-state index contributed by atoms with van der Waals surface area (Å²) < 4.78 is 6.91. The van der Waals surface area contributed by atoms with E-state index in [9.17, 15) is 4.79 Å². The Morgan fingerprint density at radius 3 is 2.44 bits per heavy atom. The van der Waals surface area contributed by atoms with Crippen LogP contribution in [0.15, 0.2) is 21.1 Å². The van der Waals surface area contributed by atoms with Gasteiger partial charge in [0.05, 0.1) is 8.95 Å². The van der Waals surface area contributed by atoms with Crippen LogP contribution in [0.2, 0.25) is 0 Å². The molecule has 0 spiro atoms. The van der Waals surface area contributed by atoms with Crippen molar-refractivity contribution in [1.29, 1.82) is 0 Å². The van der Waals surface area contributed by atoms with Gasteiger partial charge < -0.3 is 15.8 Å². The van der Waals surface area contributed by atoms with Crippen molar-refractivity contribution < 1.29 is 9.53 Å². The summed E-state index contributed by atoms with van der Waals surface area (Å²) in [6.45, 7) is 0.433. The summed E-state index contributed by atoms with van der Waals surface area (Å²) in [4.78, 5) is 11.0. The molecule has 0 aliphatic rings. The third-order valence-corrected chi connectivity index (χ3v) is 3.10. The maximum atomic E-state index is 11.0. The molecule has 0 aliphatic heterocycles. The van der Waals surface area contributed by atoms with E-state index in [1.165, 1.54) is 0 Å². The molecule has 0 saturated carbocycles. The molecule has 6 heteroatoms. The molecule has 16 heavy (non-hydrogen) atoms. The fourth-order valence-corrected chi connectivity index (χ4v) is 2.59. The van der Waals surface area contributed by atoms with E-state index in [4.69, 9.17) is 10.5 Å². The van der Waals surface area contributed by atoms with Crippen molar-refractivity contribution in [3.05, 3.63) is 26.6 Å². The molecule has 0 aliphatic carbocycles. The van der Waals surface area contributed by atoms with Crippen LogP contribution < -0.4 is 15.8 Å². The van der Waals surface area contributed by atoms with Crippen LogP contribution >= 0.6 is 31.9 Å². The van der Waals surface area contributed by atoms with Gasteiger partial charge in [0.1, 0.15) is 5.75 Å². The predicted octanol–water partition coefficient (Wildman–Crippen LogP) is 1.80. The average molecular weight is 352 g/mol. The molecule has 0 radical (unpaired) electrons. The lowest BCUT2D eigenvalue weighted by Crippen LogP contribution is -2.25. The van der Waals surface area contributed by atoms with Gasteiger partial charge in [-0.25, -0.2) is 0 Å². The first-order chi connectivity index (χ1) is 7.58. The van der Waals surface area contributed by atoms with Crippen LogP contribution in [0.4, 0.5) is 0 Å². The molecular formula is C10H12Br2N2O2. The van der Waals surface area contributed by atoms with Crippen molar-refractivity contribution in [2.45, 2.75) is 6.54 Å². The highest BCUT2D eigenvalue weighted by Gasteiger charge is 2.10. The van der Waals surface area contributed by atoms with Crippen LogP contribution in [0.5, 0.6) is 5.75 Å². The van der Waals surface area contributed by atoms with Crippen LogP contribution in [-0.4, -0.2) is 19.6 Å². The van der Waals surface area contributed by atoms with E-state index >= 15 is 0 Å². The normalized spacial score (nSPS) is 10.0. The first kappa shape index (κ1) is 13.5. The van der Waals surface area contributed by atoms with Crippen molar-refractivity contribution in [1.82, 2.24) is 5.32 Å². The summed E-state index contributed by atoms with van der Waals surface area (Å²) >= 11 is 6.74. The summed E-state index contributed by atoms with van der Waals surface area (Å²) in [6, 6.07) is 3.73. The van der Waals surface area contributed by atoms with E-state index < -0.39 is 0 Å². The minimum Gasteiger partial charge on any atom is -0.481 e. The molecule has 3 N–H and O–H groups in total. The molecule has 0 unspecified atom stereocenters. The Morgan fingerprint density at radius 2 is 2.00 bits per heavy atom. The molecule has 0 saturated heterocycles. The van der Waals surface area contributed by atoms with E-state index in [1.54, 1.807) is 7.05 Å². The molecule has 0 heterocycles. The van der Waals surface area contributed by atoms with Crippen molar-refractivity contribution in [3.63, 3.8) is 0 Å². The minimum absolute atomic E-state index is 0.0182. The van der Waals surface area contributed by atoms with Crippen LogP contribution in [0.25, 0.3) is 0 Å². The Bertz CT molecular complexity index is 373. The van der Waals surface area contributed by atoms with E-state index in [-0.39, 0.29) is 12.5 Å². The fourth-order valence-electron chi connectivity index (χ4n) is 1.08. The molecule has 1 amide bonds. The number of nitrogens with two attached hydrogens (primary N) is 1. The summed E-state index contributed by atoms with van der Waals surface area (Å²) in [5.41, 5.74) is 6.51. The highest BCUT2D eigenvalue weighted by atomic mass is 79.9. The summed E-state index contributed by atoms with van der Waals surface area (Å²) in [7, 11) is 1.56. The van der Waals surface area contributed by atoms with Gasteiger partial charge in [-0.05, 0) is 49.6 Å². The first-order valence-electron chi connectivity index (χ1n) is 4.59. The lowest BCUT2D eigenvalue weighted by atomic mass is 10.2. The van der Waals surface area contributed by atoms with Gasteiger partial charge in [-0.1, -0.05) is 0 Å². The largest absolute Gasteiger partial charge is 0.481 e. The number of benzene rings is 1. The second-order valence-electron chi connectivity index (χ2n) is 3.05. The summed E-state index contributed by atoms with van der Waals surface area (Å²) in [5, 5.41) is 2.48. The van der Waals surface area contributed by atoms with E-state index in [0.29, 0.717) is 12.3 Å². The Labute approximate surface area is 111 Å². The predicted molar refractivity (Wildman–Crippen MR) is 69.3 cm³/mol. The van der Waals surface area contributed by atoms with E-state index in [0.717, 1.165) is 14.5 Å². The number of rotatable bonds is 4. The zero-order chi connectivity index (χ0) is 12.1. The standard InChI is InChI=1S/C10H12Br2N2O2/c1-14-9(15)5-16-10-7(11)2-6(4-13)3-8(10)12/h2-3H,4-5,13H2,1H3,(H,14,15). The molecule has 88 valence electrons. The van der Waals surface area contributed by atoms with Gasteiger partial charge in [-0.2, -0.15) is 0 Å². The van der Waals surface area contributed by atoms with Gasteiger partial charge in [0.15, 0.2) is 6.61 Å². The third-order valence-electron chi connectivity index (χ3n) is 1.92. The number of nitrogens with one attached hydrogen (secondary N) is 1. The SMILES string of the molecule is CNC(=O)COc1c(Br)cc(CN)cc1Br. The number of ether oxygens (including phenoxy) is 1. The van der Waals surface area contributed by atoms with E-state index in [2.05, 4.69) is 37.2 Å². The number of hydrogen-bond acceptors (Lipinski definition) is 3. The summed E-state index contributed by atoms with van der Waals surface area (Å²) in [5.74, 6) is 0.419. The molecule has 0 fully saturated rings. The number of carbonyl (C=O) groups excluding carboxylic acids is 1. The van der Waals surface area contributed by atoms with Crippen molar-refractivity contribution in [2.75, 3.05) is 13.7 Å². The Morgan fingerprint density at radius 1 is 1.44 bits per heavy atom. The average Bonchev–Trinajstić information content (AvgIpc) is 2.27. The van der Waals surface area contributed by atoms with Gasteiger partial charge in [0.2, 0.25) is 0 Å². The molecule has 0 aromatic heterocycles. The second kappa shape index (κ2) is 6.22. The molecule has 1 aromatic rings. The number of hydrogen-bond donors (Lipinski definition) is 2. The van der Waals surface area contributed by atoms with Crippen molar-refractivity contribution >= 4 is 37.8 Å². The fraction of sp³-hybridized carbons (Fsp3) is 0.300. The Hall–Kier alpha value is -0.590. The van der Waals surface area contributed by atoms with E-state index in [1.807, 2.05) is 12.1 Å². The van der Waals surface area contributed by atoms with Gasteiger partial charge in [0.25, 0.3) is 5.91 Å². The zero-order valence-corrected chi connectivity index (χ0v) is 11.9. The molecule has 4 nitrogen and oxygen atoms in total. The Kier molecular flexibility index (Phi) is 5.24. The van der Waals surface area contributed by atoms with Gasteiger partial charge in [-0.3, -0.25) is 4.79 Å². The first-order valence-corrected chi connectivity index (χ1v) is 6.18. The second-order valence-corrected chi connectivity index (χ2v) is 4.76. The van der Waals surface area contributed by atoms with Crippen LogP contribution in [0.1, 0.15) is 5.56 Å². The van der Waals surface area contributed by atoms with Crippen LogP contribution in [0, 0.1) is 0 Å². The van der Waals surface area contributed by atoms with Crippen molar-refractivity contribution in [2.24, 2.45) is 5.73 Å². The molecule has 1 rings (SSSR count). The van der Waals surface area contributed by atoms with Gasteiger partial charge in [-0.15, -0.1) is 0 Å². The summed E-state index contributed by atoms with van der Waals surface area (Å²) in [6.07, 6.45) is 0. The van der Waals surface area contributed by atoms with Crippen LogP contribution in [0.3, 0.4) is 0 Å². The maximum absolute atomic E-state index is 11.0. The van der Waals surface area contributed by atoms with Gasteiger partial charge >= 0.3 is 0 Å². The van der Waals surface area contributed by atoms with Crippen LogP contribution in [-0.2, 0) is 11.3 Å². The lowest BCUT2D eigenvalue weighted by molar-refractivity contribution is -0.122. The number of likely N-dealkylation sites (N-methyl/N-ethyl adjacent to an activating group) is 1. The lowest BCUT2D eigenvalue weighted by Gasteiger charge is -2.11. The third kappa shape index (κ3) is 3.47. The maximum Gasteiger partial charge on any atom is 0.257 e. The number of halogens is 2. The van der Waals surface area contributed by atoms with Gasteiger partial charge in [0, 0.05) is 13.6 Å². The molecular weight excluding hydrogens is 340 g/mol. The number of carbonyl (C=O) groups is 1. The monoisotopic (exact) mass is 350 g/mol.